The average Bonchev–Trinajstić information content (AvgIpc) is 2.91. The third-order valence-corrected chi connectivity index (χ3v) is 2.50. The molecule has 0 unspecified atom stereocenters. The summed E-state index contributed by atoms with van der Waals surface area (Å²) in [5.41, 5.74) is 1.32. The lowest BCUT2D eigenvalue weighted by atomic mass is 10.1. The number of hydrogen-bond acceptors (Lipinski definition) is 4. The molecule has 3 rings (SSSR count). The van der Waals surface area contributed by atoms with Crippen molar-refractivity contribution in [2.75, 3.05) is 0 Å². The molecule has 0 saturated heterocycles. The Balaban J connectivity index is 2.33. The molecule has 0 fully saturated rings. The van der Waals surface area contributed by atoms with Gasteiger partial charge in [0, 0.05) is 5.39 Å². The van der Waals surface area contributed by atoms with E-state index in [-0.39, 0.29) is 0 Å². The summed E-state index contributed by atoms with van der Waals surface area (Å²) in [6, 6.07) is 9.42. The molecule has 5 nitrogen and oxygen atoms in total. The second kappa shape index (κ2) is 3.79. The minimum Gasteiger partial charge on any atom is -0.298 e. The zero-order valence-electron chi connectivity index (χ0n) is 8.82. The number of pyridine rings is 1. The molecule has 0 aliphatic heterocycles. The maximum absolute atomic E-state index is 11.1. The van der Waals surface area contributed by atoms with Crippen LogP contribution in [0.5, 0.6) is 0 Å². The normalized spacial score (nSPS) is 10.6. The van der Waals surface area contributed by atoms with Crippen LogP contribution in [0.3, 0.4) is 0 Å². The van der Waals surface area contributed by atoms with Gasteiger partial charge < -0.3 is 0 Å². The number of rotatable bonds is 2. The van der Waals surface area contributed by atoms with Crippen LogP contribution in [-0.2, 0) is 0 Å². The van der Waals surface area contributed by atoms with Crippen LogP contribution in [0.2, 0.25) is 0 Å². The quantitative estimate of drug-likeness (QED) is 0.621. The summed E-state index contributed by atoms with van der Waals surface area (Å²) in [4.78, 5) is 19.3. The summed E-state index contributed by atoms with van der Waals surface area (Å²) in [7, 11) is 0. The number of carbonyl (C=O) groups excluding carboxylic acids is 1. The van der Waals surface area contributed by atoms with Gasteiger partial charge in [0.15, 0.2) is 12.1 Å². The Hall–Kier alpha value is -2.56. The molecule has 5 heteroatoms. The smallest absolute Gasteiger partial charge is 0.166 e. The average molecular weight is 224 g/mol. The molecule has 0 amide bonds. The lowest BCUT2D eigenvalue weighted by molar-refractivity contribution is 0.112. The highest BCUT2D eigenvalue weighted by Crippen LogP contribution is 2.17. The van der Waals surface area contributed by atoms with Crippen molar-refractivity contribution in [3.63, 3.8) is 0 Å². The second-order valence-corrected chi connectivity index (χ2v) is 3.55. The van der Waals surface area contributed by atoms with Crippen LogP contribution in [0.15, 0.2) is 43.0 Å². The molecule has 0 N–H and O–H groups in total. The van der Waals surface area contributed by atoms with E-state index in [9.17, 15) is 4.79 Å². The van der Waals surface area contributed by atoms with E-state index in [0.717, 1.165) is 17.2 Å². The highest BCUT2D eigenvalue weighted by Gasteiger charge is 2.08. The van der Waals surface area contributed by atoms with E-state index in [4.69, 9.17) is 0 Å². The summed E-state index contributed by atoms with van der Waals surface area (Å²) < 4.78 is 1.48. The van der Waals surface area contributed by atoms with Crippen molar-refractivity contribution >= 4 is 17.2 Å². The minimum atomic E-state index is 0.495. The van der Waals surface area contributed by atoms with Crippen molar-refractivity contribution < 1.29 is 4.79 Å². The van der Waals surface area contributed by atoms with Gasteiger partial charge in [-0.2, -0.15) is 5.10 Å². The van der Waals surface area contributed by atoms with Crippen molar-refractivity contribution in [3.8, 4) is 5.82 Å². The molecule has 0 saturated carbocycles. The first-order chi connectivity index (χ1) is 8.38. The number of carbonyl (C=O) groups is 1. The second-order valence-electron chi connectivity index (χ2n) is 3.55. The monoisotopic (exact) mass is 224 g/mol. The lowest BCUT2D eigenvalue weighted by Gasteiger charge is -2.05. The zero-order chi connectivity index (χ0) is 11.7. The Bertz CT molecular complexity index is 676. The molecule has 0 aliphatic rings. The molecule has 0 bridgehead atoms. The van der Waals surface area contributed by atoms with Crippen LogP contribution in [0.1, 0.15) is 10.4 Å². The number of aromatic nitrogens is 4. The van der Waals surface area contributed by atoms with E-state index in [1.165, 1.54) is 17.3 Å². The topological polar surface area (TPSA) is 60.7 Å². The first kappa shape index (κ1) is 9.65. The van der Waals surface area contributed by atoms with Gasteiger partial charge in [-0.15, -0.1) is 0 Å². The summed E-state index contributed by atoms with van der Waals surface area (Å²) in [5, 5.41) is 4.92. The molecular formula is C12H8N4O. The van der Waals surface area contributed by atoms with E-state index >= 15 is 0 Å². The fraction of sp³-hybridized carbons (Fsp3) is 0. The summed E-state index contributed by atoms with van der Waals surface area (Å²) >= 11 is 0. The van der Waals surface area contributed by atoms with Crippen LogP contribution < -0.4 is 0 Å². The number of para-hydroxylation sites is 1. The highest BCUT2D eigenvalue weighted by molar-refractivity contribution is 5.89. The van der Waals surface area contributed by atoms with Crippen molar-refractivity contribution in [3.05, 3.63) is 48.5 Å². The first-order valence-electron chi connectivity index (χ1n) is 5.08. The van der Waals surface area contributed by atoms with Gasteiger partial charge in [-0.3, -0.25) is 4.79 Å². The number of benzene rings is 1. The molecule has 17 heavy (non-hydrogen) atoms. The number of nitrogens with zero attached hydrogens (tertiary/aromatic N) is 4. The molecule has 2 aromatic heterocycles. The maximum atomic E-state index is 11.1. The summed E-state index contributed by atoms with van der Waals surface area (Å²) in [6.45, 7) is 0. The molecule has 0 radical (unpaired) electrons. The number of fused-ring (bicyclic) bond motifs is 1. The highest BCUT2D eigenvalue weighted by atomic mass is 16.1. The third kappa shape index (κ3) is 1.57. The Morgan fingerprint density at radius 1 is 1.24 bits per heavy atom. The van der Waals surface area contributed by atoms with E-state index in [0.29, 0.717) is 11.4 Å². The van der Waals surface area contributed by atoms with Crippen molar-refractivity contribution in [2.24, 2.45) is 0 Å². The van der Waals surface area contributed by atoms with Crippen molar-refractivity contribution in [2.45, 2.75) is 0 Å². The molecule has 3 aromatic rings. The van der Waals surface area contributed by atoms with Gasteiger partial charge >= 0.3 is 0 Å². The van der Waals surface area contributed by atoms with Gasteiger partial charge in [-0.05, 0) is 12.1 Å². The standard InChI is InChI=1S/C12H8N4O/c17-6-10-5-9-3-1-2-4-11(9)15-12(10)16-8-13-7-14-16/h1-8H. The van der Waals surface area contributed by atoms with Crippen LogP contribution in [0.4, 0.5) is 0 Å². The molecule has 0 atom stereocenters. The molecule has 0 aliphatic carbocycles. The van der Waals surface area contributed by atoms with E-state index < -0.39 is 0 Å². The SMILES string of the molecule is O=Cc1cc2ccccc2nc1-n1cncn1. The zero-order valence-corrected chi connectivity index (χ0v) is 8.82. The lowest BCUT2D eigenvalue weighted by Crippen LogP contribution is -2.03. The van der Waals surface area contributed by atoms with Gasteiger partial charge in [-0.1, -0.05) is 18.2 Å². The Labute approximate surface area is 96.7 Å². The maximum Gasteiger partial charge on any atom is 0.166 e. The predicted molar refractivity (Wildman–Crippen MR) is 62.0 cm³/mol. The molecule has 0 spiro atoms. The van der Waals surface area contributed by atoms with Crippen LogP contribution in [-0.4, -0.2) is 26.0 Å². The van der Waals surface area contributed by atoms with Crippen molar-refractivity contribution in [1.29, 1.82) is 0 Å². The Morgan fingerprint density at radius 3 is 2.88 bits per heavy atom. The Morgan fingerprint density at radius 2 is 2.12 bits per heavy atom. The van der Waals surface area contributed by atoms with E-state index in [2.05, 4.69) is 15.1 Å². The molecule has 82 valence electrons. The fourth-order valence-electron chi connectivity index (χ4n) is 1.71. The Kier molecular flexibility index (Phi) is 2.15. The van der Waals surface area contributed by atoms with Crippen LogP contribution >= 0.6 is 0 Å². The third-order valence-electron chi connectivity index (χ3n) is 2.50. The van der Waals surface area contributed by atoms with Gasteiger partial charge in [0.2, 0.25) is 0 Å². The van der Waals surface area contributed by atoms with Crippen LogP contribution in [0.25, 0.3) is 16.7 Å². The molecular weight excluding hydrogens is 216 g/mol. The molecule has 1 aromatic carbocycles. The predicted octanol–water partition coefficient (Wildman–Crippen LogP) is 1.63. The summed E-state index contributed by atoms with van der Waals surface area (Å²) in [6.07, 6.45) is 3.70. The van der Waals surface area contributed by atoms with Gasteiger partial charge in [0.05, 0.1) is 11.1 Å². The van der Waals surface area contributed by atoms with Crippen LogP contribution in [0, 0.1) is 0 Å². The van der Waals surface area contributed by atoms with E-state index in [1.807, 2.05) is 24.3 Å². The first-order valence-corrected chi connectivity index (χ1v) is 5.08. The summed E-state index contributed by atoms with van der Waals surface area (Å²) in [5.74, 6) is 0.496. The number of aldehydes is 1. The molecule has 2 heterocycles. The van der Waals surface area contributed by atoms with Crippen molar-refractivity contribution in [1.82, 2.24) is 19.7 Å². The largest absolute Gasteiger partial charge is 0.298 e. The van der Waals surface area contributed by atoms with Gasteiger partial charge in [0.25, 0.3) is 0 Å². The van der Waals surface area contributed by atoms with Gasteiger partial charge in [-0.25, -0.2) is 14.6 Å². The fourth-order valence-corrected chi connectivity index (χ4v) is 1.71. The minimum absolute atomic E-state index is 0.495. The number of hydrogen-bond donors (Lipinski definition) is 0. The van der Waals surface area contributed by atoms with E-state index in [1.54, 1.807) is 6.07 Å². The van der Waals surface area contributed by atoms with Gasteiger partial charge in [0.1, 0.15) is 12.7 Å².